The molecule has 1 fully saturated rings. The SMILES string of the molecule is CSC1(CNc2ccc(C)cc2[N+](=O)[O-])CCCCC1. The molecule has 110 valence electrons. The molecule has 1 aromatic rings. The second kappa shape index (κ2) is 6.48. The number of rotatable bonds is 5. The fourth-order valence-corrected chi connectivity index (χ4v) is 3.76. The van der Waals surface area contributed by atoms with Crippen molar-refractivity contribution in [3.8, 4) is 0 Å². The molecule has 0 amide bonds. The zero-order chi connectivity index (χ0) is 14.6. The maximum Gasteiger partial charge on any atom is 0.292 e. The van der Waals surface area contributed by atoms with Gasteiger partial charge >= 0.3 is 0 Å². The fraction of sp³-hybridized carbons (Fsp3) is 0.600. The standard InChI is InChI=1S/C15H22N2O2S/c1-12-6-7-13(14(10-12)17(18)19)16-11-15(20-2)8-4-3-5-9-15/h6-7,10,16H,3-5,8-9,11H2,1-2H3. The highest BCUT2D eigenvalue weighted by Gasteiger charge is 2.31. The van der Waals surface area contributed by atoms with E-state index in [1.165, 1.54) is 32.1 Å². The van der Waals surface area contributed by atoms with Crippen LogP contribution in [-0.4, -0.2) is 22.5 Å². The molecular formula is C15H22N2O2S. The van der Waals surface area contributed by atoms with Crippen molar-refractivity contribution in [2.24, 2.45) is 0 Å². The number of benzene rings is 1. The minimum atomic E-state index is -0.304. The Balaban J connectivity index is 2.11. The maximum atomic E-state index is 11.1. The van der Waals surface area contributed by atoms with Crippen molar-refractivity contribution in [3.05, 3.63) is 33.9 Å². The van der Waals surface area contributed by atoms with Crippen molar-refractivity contribution in [2.45, 2.75) is 43.8 Å². The first-order chi connectivity index (χ1) is 9.56. The van der Waals surface area contributed by atoms with Crippen LogP contribution < -0.4 is 5.32 Å². The number of nitro groups is 1. The summed E-state index contributed by atoms with van der Waals surface area (Å²) >= 11 is 1.90. The van der Waals surface area contributed by atoms with Gasteiger partial charge in [0.1, 0.15) is 5.69 Å². The molecule has 1 aliphatic rings. The molecule has 1 aromatic carbocycles. The molecule has 20 heavy (non-hydrogen) atoms. The number of anilines is 1. The Bertz CT molecular complexity index is 485. The van der Waals surface area contributed by atoms with Crippen LogP contribution in [0.2, 0.25) is 0 Å². The fourth-order valence-electron chi connectivity index (χ4n) is 2.85. The Morgan fingerprint density at radius 3 is 2.65 bits per heavy atom. The zero-order valence-corrected chi connectivity index (χ0v) is 13.0. The molecule has 0 unspecified atom stereocenters. The third kappa shape index (κ3) is 3.45. The topological polar surface area (TPSA) is 55.2 Å². The van der Waals surface area contributed by atoms with Crippen LogP contribution in [0.5, 0.6) is 0 Å². The Kier molecular flexibility index (Phi) is 4.91. The molecule has 2 rings (SSSR count). The van der Waals surface area contributed by atoms with E-state index in [4.69, 9.17) is 0 Å². The van der Waals surface area contributed by atoms with Gasteiger partial charge in [0.05, 0.1) is 4.92 Å². The summed E-state index contributed by atoms with van der Waals surface area (Å²) in [5, 5.41) is 14.5. The first-order valence-corrected chi connectivity index (χ1v) is 8.33. The summed E-state index contributed by atoms with van der Waals surface area (Å²) in [6, 6.07) is 5.38. The quantitative estimate of drug-likeness (QED) is 0.646. The first kappa shape index (κ1) is 15.2. The molecule has 0 radical (unpaired) electrons. The molecule has 1 saturated carbocycles. The molecule has 5 heteroatoms. The largest absolute Gasteiger partial charge is 0.378 e. The third-order valence-electron chi connectivity index (χ3n) is 4.15. The van der Waals surface area contributed by atoms with E-state index in [2.05, 4.69) is 11.6 Å². The Labute approximate surface area is 124 Å². The second-order valence-corrected chi connectivity index (χ2v) is 6.85. The summed E-state index contributed by atoms with van der Waals surface area (Å²) in [5.41, 5.74) is 1.73. The zero-order valence-electron chi connectivity index (χ0n) is 12.1. The van der Waals surface area contributed by atoms with Crippen LogP contribution in [0.3, 0.4) is 0 Å². The molecule has 0 atom stereocenters. The molecule has 0 spiro atoms. The van der Waals surface area contributed by atoms with Crippen LogP contribution in [0.1, 0.15) is 37.7 Å². The molecule has 0 aromatic heterocycles. The predicted octanol–water partition coefficient (Wildman–Crippen LogP) is 4.38. The Morgan fingerprint density at radius 1 is 1.35 bits per heavy atom. The number of nitrogens with one attached hydrogen (secondary N) is 1. The van der Waals surface area contributed by atoms with Gasteiger partial charge in [-0.25, -0.2) is 0 Å². The lowest BCUT2D eigenvalue weighted by Crippen LogP contribution is -2.35. The van der Waals surface area contributed by atoms with Crippen LogP contribution >= 0.6 is 11.8 Å². The minimum absolute atomic E-state index is 0.178. The van der Waals surface area contributed by atoms with E-state index in [9.17, 15) is 10.1 Å². The minimum Gasteiger partial charge on any atom is -0.378 e. The van der Waals surface area contributed by atoms with Gasteiger partial charge < -0.3 is 5.32 Å². The highest BCUT2D eigenvalue weighted by atomic mass is 32.2. The van der Waals surface area contributed by atoms with Gasteiger partial charge in [-0.3, -0.25) is 10.1 Å². The monoisotopic (exact) mass is 294 g/mol. The van der Waals surface area contributed by atoms with Crippen LogP contribution in [0.15, 0.2) is 18.2 Å². The van der Waals surface area contributed by atoms with E-state index in [1.807, 2.05) is 30.8 Å². The maximum absolute atomic E-state index is 11.1. The second-order valence-electron chi connectivity index (χ2n) is 5.58. The normalized spacial score (nSPS) is 17.7. The van der Waals surface area contributed by atoms with Crippen molar-refractivity contribution < 1.29 is 4.92 Å². The van der Waals surface area contributed by atoms with E-state index in [1.54, 1.807) is 6.07 Å². The summed E-state index contributed by atoms with van der Waals surface area (Å²) < 4.78 is 0.233. The van der Waals surface area contributed by atoms with E-state index in [0.29, 0.717) is 5.69 Å². The molecule has 0 saturated heterocycles. The number of thioether (sulfide) groups is 1. The Morgan fingerprint density at radius 2 is 2.05 bits per heavy atom. The average molecular weight is 294 g/mol. The van der Waals surface area contributed by atoms with Gasteiger partial charge in [0.2, 0.25) is 0 Å². The van der Waals surface area contributed by atoms with Crippen molar-refractivity contribution in [1.29, 1.82) is 0 Å². The Hall–Kier alpha value is -1.23. The number of hydrogen-bond acceptors (Lipinski definition) is 4. The molecule has 0 aliphatic heterocycles. The van der Waals surface area contributed by atoms with Gasteiger partial charge in [-0.1, -0.05) is 25.3 Å². The lowest BCUT2D eigenvalue weighted by molar-refractivity contribution is -0.384. The summed E-state index contributed by atoms with van der Waals surface area (Å²) in [4.78, 5) is 10.8. The molecule has 1 N–H and O–H groups in total. The number of nitro benzene ring substituents is 1. The molecule has 0 bridgehead atoms. The summed E-state index contributed by atoms with van der Waals surface area (Å²) in [6.45, 7) is 2.68. The van der Waals surface area contributed by atoms with E-state index in [0.717, 1.165) is 12.1 Å². The third-order valence-corrected chi connectivity index (χ3v) is 5.57. The van der Waals surface area contributed by atoms with Gasteiger partial charge in [0.15, 0.2) is 0 Å². The number of nitrogens with zero attached hydrogens (tertiary/aromatic N) is 1. The lowest BCUT2D eigenvalue weighted by Gasteiger charge is -2.36. The van der Waals surface area contributed by atoms with Crippen LogP contribution in [0.4, 0.5) is 11.4 Å². The highest BCUT2D eigenvalue weighted by molar-refractivity contribution is 8.00. The number of hydrogen-bond donors (Lipinski definition) is 1. The van der Waals surface area contributed by atoms with Gasteiger partial charge in [0, 0.05) is 17.4 Å². The van der Waals surface area contributed by atoms with Crippen LogP contribution in [0.25, 0.3) is 0 Å². The van der Waals surface area contributed by atoms with E-state index in [-0.39, 0.29) is 15.4 Å². The average Bonchev–Trinajstić information content (AvgIpc) is 2.47. The van der Waals surface area contributed by atoms with E-state index < -0.39 is 0 Å². The summed E-state index contributed by atoms with van der Waals surface area (Å²) in [5.74, 6) is 0. The summed E-state index contributed by atoms with van der Waals surface area (Å²) in [7, 11) is 0. The molecule has 1 aliphatic carbocycles. The van der Waals surface area contributed by atoms with Crippen molar-refractivity contribution >= 4 is 23.1 Å². The first-order valence-electron chi connectivity index (χ1n) is 7.10. The number of aryl methyl sites for hydroxylation is 1. The van der Waals surface area contributed by atoms with Gasteiger partial charge in [0.25, 0.3) is 5.69 Å². The van der Waals surface area contributed by atoms with Crippen molar-refractivity contribution in [1.82, 2.24) is 0 Å². The molecular weight excluding hydrogens is 272 g/mol. The van der Waals surface area contributed by atoms with E-state index >= 15 is 0 Å². The van der Waals surface area contributed by atoms with Gasteiger partial charge in [-0.05, 0) is 37.7 Å². The lowest BCUT2D eigenvalue weighted by atomic mass is 9.88. The van der Waals surface area contributed by atoms with Crippen molar-refractivity contribution in [3.63, 3.8) is 0 Å². The highest BCUT2D eigenvalue weighted by Crippen LogP contribution is 2.39. The van der Waals surface area contributed by atoms with Crippen LogP contribution in [0, 0.1) is 17.0 Å². The molecule has 0 heterocycles. The smallest absolute Gasteiger partial charge is 0.292 e. The predicted molar refractivity (Wildman–Crippen MR) is 85.7 cm³/mol. The molecule has 4 nitrogen and oxygen atoms in total. The van der Waals surface area contributed by atoms with Crippen LogP contribution in [-0.2, 0) is 0 Å². The summed E-state index contributed by atoms with van der Waals surface area (Å²) in [6.07, 6.45) is 8.38. The van der Waals surface area contributed by atoms with Crippen molar-refractivity contribution in [2.75, 3.05) is 18.1 Å². The van der Waals surface area contributed by atoms with Gasteiger partial charge in [-0.2, -0.15) is 11.8 Å². The van der Waals surface area contributed by atoms with Gasteiger partial charge in [-0.15, -0.1) is 0 Å².